The average molecular weight is 350 g/mol. The Hall–Kier alpha value is -2.67. The minimum absolute atomic E-state index is 0.0268. The van der Waals surface area contributed by atoms with E-state index in [4.69, 9.17) is 9.72 Å². The summed E-state index contributed by atoms with van der Waals surface area (Å²) in [7, 11) is 1.36. The number of aryl methyl sites for hydroxylation is 2. The lowest BCUT2D eigenvalue weighted by Gasteiger charge is -2.22. The van der Waals surface area contributed by atoms with Crippen molar-refractivity contribution >= 4 is 5.97 Å². The van der Waals surface area contributed by atoms with E-state index in [1.807, 2.05) is 38.1 Å². The highest BCUT2D eigenvalue weighted by Crippen LogP contribution is 2.34. The lowest BCUT2D eigenvalue weighted by Crippen LogP contribution is -2.17. The molecule has 4 nitrogen and oxygen atoms in total. The lowest BCUT2D eigenvalue weighted by molar-refractivity contribution is 0.0599. The van der Waals surface area contributed by atoms with Crippen LogP contribution in [0.25, 0.3) is 11.1 Å². The zero-order chi connectivity index (χ0) is 19.5. The molecule has 0 aliphatic carbocycles. The number of nitrogens with zero attached hydrogens (tertiary/aromatic N) is 2. The van der Waals surface area contributed by atoms with Crippen molar-refractivity contribution < 1.29 is 9.53 Å². The number of nitriles is 1. The molecule has 0 spiro atoms. The smallest absolute Gasteiger partial charge is 0.340 e. The van der Waals surface area contributed by atoms with Crippen LogP contribution in [-0.2, 0) is 17.6 Å². The molecular formula is C22H26N2O2. The van der Waals surface area contributed by atoms with Crippen LogP contribution in [0.5, 0.6) is 0 Å². The molecule has 1 heterocycles. The van der Waals surface area contributed by atoms with Crippen LogP contribution < -0.4 is 0 Å². The molecule has 26 heavy (non-hydrogen) atoms. The zero-order valence-electron chi connectivity index (χ0n) is 16.4. The number of benzene rings is 1. The van der Waals surface area contributed by atoms with Gasteiger partial charge in [0.1, 0.15) is 6.07 Å². The van der Waals surface area contributed by atoms with E-state index in [2.05, 4.69) is 26.8 Å². The van der Waals surface area contributed by atoms with Gasteiger partial charge in [0.15, 0.2) is 0 Å². The fourth-order valence-corrected chi connectivity index (χ4v) is 3.03. The number of hydrogen-bond donors (Lipinski definition) is 0. The molecule has 0 saturated carbocycles. The summed E-state index contributed by atoms with van der Waals surface area (Å²) in [5, 5.41) is 9.91. The van der Waals surface area contributed by atoms with E-state index >= 15 is 0 Å². The Kier molecular flexibility index (Phi) is 5.82. The Labute approximate surface area is 155 Å². The number of pyridine rings is 1. The number of hydrogen-bond acceptors (Lipinski definition) is 4. The SMILES string of the molecule is CCc1nc(CC(C)(C)C)c(C#N)c(-c2ccc(C)cc2)c1C(=O)OC. The van der Waals surface area contributed by atoms with E-state index in [0.717, 1.165) is 16.8 Å². The van der Waals surface area contributed by atoms with Crippen LogP contribution in [0.15, 0.2) is 24.3 Å². The molecule has 0 amide bonds. The maximum absolute atomic E-state index is 12.5. The van der Waals surface area contributed by atoms with Crippen molar-refractivity contribution in [3.8, 4) is 17.2 Å². The van der Waals surface area contributed by atoms with Gasteiger partial charge in [0.2, 0.25) is 0 Å². The summed E-state index contributed by atoms with van der Waals surface area (Å²) in [5.74, 6) is -0.455. The monoisotopic (exact) mass is 350 g/mol. The van der Waals surface area contributed by atoms with Gasteiger partial charge in [-0.3, -0.25) is 4.98 Å². The summed E-state index contributed by atoms with van der Waals surface area (Å²) in [6.45, 7) is 10.3. The van der Waals surface area contributed by atoms with E-state index in [-0.39, 0.29) is 5.41 Å². The second kappa shape index (κ2) is 7.70. The lowest BCUT2D eigenvalue weighted by atomic mass is 9.85. The molecule has 1 aromatic carbocycles. The van der Waals surface area contributed by atoms with Crippen LogP contribution in [0, 0.1) is 23.7 Å². The van der Waals surface area contributed by atoms with Crippen molar-refractivity contribution in [3.05, 3.63) is 52.3 Å². The van der Waals surface area contributed by atoms with E-state index in [9.17, 15) is 10.1 Å². The third kappa shape index (κ3) is 4.11. The van der Waals surface area contributed by atoms with Gasteiger partial charge in [0.05, 0.1) is 29.6 Å². The van der Waals surface area contributed by atoms with E-state index in [1.54, 1.807) is 0 Å². The van der Waals surface area contributed by atoms with Crippen LogP contribution in [0.3, 0.4) is 0 Å². The van der Waals surface area contributed by atoms with Crippen molar-refractivity contribution in [2.75, 3.05) is 7.11 Å². The maximum Gasteiger partial charge on any atom is 0.340 e. The van der Waals surface area contributed by atoms with Gasteiger partial charge < -0.3 is 4.74 Å². The molecule has 2 aromatic rings. The predicted molar refractivity (Wildman–Crippen MR) is 103 cm³/mol. The number of ether oxygens (including phenoxy) is 1. The molecule has 0 atom stereocenters. The largest absolute Gasteiger partial charge is 0.465 e. The zero-order valence-corrected chi connectivity index (χ0v) is 16.4. The highest BCUT2D eigenvalue weighted by Gasteiger charge is 2.27. The van der Waals surface area contributed by atoms with Crippen molar-refractivity contribution in [2.24, 2.45) is 5.41 Å². The highest BCUT2D eigenvalue weighted by molar-refractivity contribution is 6.00. The minimum Gasteiger partial charge on any atom is -0.465 e. The minimum atomic E-state index is -0.455. The van der Waals surface area contributed by atoms with Crippen molar-refractivity contribution in [1.82, 2.24) is 4.98 Å². The normalized spacial score (nSPS) is 11.1. The molecule has 0 radical (unpaired) electrons. The van der Waals surface area contributed by atoms with Gasteiger partial charge in [-0.2, -0.15) is 5.26 Å². The van der Waals surface area contributed by atoms with Gasteiger partial charge in [0.25, 0.3) is 0 Å². The topological polar surface area (TPSA) is 63.0 Å². The van der Waals surface area contributed by atoms with Crippen LogP contribution in [-0.4, -0.2) is 18.1 Å². The summed E-state index contributed by atoms with van der Waals surface area (Å²) in [5.41, 5.74) is 4.82. The molecule has 2 rings (SSSR count). The Morgan fingerprint density at radius 3 is 2.27 bits per heavy atom. The third-order valence-corrected chi connectivity index (χ3v) is 4.22. The number of rotatable bonds is 4. The first-order chi connectivity index (χ1) is 12.2. The fraction of sp³-hybridized carbons (Fsp3) is 0.409. The number of aromatic nitrogens is 1. The van der Waals surface area contributed by atoms with Crippen molar-refractivity contribution in [3.63, 3.8) is 0 Å². The summed E-state index contributed by atoms with van der Waals surface area (Å²) in [4.78, 5) is 17.2. The summed E-state index contributed by atoms with van der Waals surface area (Å²) < 4.78 is 5.02. The van der Waals surface area contributed by atoms with E-state index < -0.39 is 5.97 Å². The predicted octanol–water partition coefficient (Wildman–Crippen LogP) is 4.87. The first-order valence-electron chi connectivity index (χ1n) is 8.83. The number of carbonyl (C=O) groups excluding carboxylic acids is 1. The van der Waals surface area contributed by atoms with Gasteiger partial charge in [-0.1, -0.05) is 57.5 Å². The third-order valence-electron chi connectivity index (χ3n) is 4.22. The quantitative estimate of drug-likeness (QED) is 0.738. The summed E-state index contributed by atoms with van der Waals surface area (Å²) >= 11 is 0. The molecule has 0 fully saturated rings. The Morgan fingerprint density at radius 1 is 1.19 bits per heavy atom. The molecule has 0 N–H and O–H groups in total. The Balaban J connectivity index is 2.90. The van der Waals surface area contributed by atoms with Crippen LogP contribution >= 0.6 is 0 Å². The Morgan fingerprint density at radius 2 is 1.81 bits per heavy atom. The first kappa shape index (κ1) is 19.7. The standard InChI is InChI=1S/C22H26N2O2/c1-7-17-20(21(25)26-6)19(15-10-8-14(2)9-11-15)16(13-23)18(24-17)12-22(3,4)5/h8-11H,7,12H2,1-6H3. The maximum atomic E-state index is 12.5. The summed E-state index contributed by atoms with van der Waals surface area (Å²) in [6, 6.07) is 10.1. The van der Waals surface area contributed by atoms with Crippen LogP contribution in [0.4, 0.5) is 0 Å². The van der Waals surface area contributed by atoms with Crippen LogP contribution in [0.1, 0.15) is 60.6 Å². The first-order valence-corrected chi connectivity index (χ1v) is 8.83. The molecular weight excluding hydrogens is 324 g/mol. The van der Waals surface area contributed by atoms with Gasteiger partial charge in [-0.25, -0.2) is 4.79 Å². The number of carbonyl (C=O) groups is 1. The number of methoxy groups -OCH3 is 1. The Bertz CT molecular complexity index is 854. The molecule has 136 valence electrons. The highest BCUT2D eigenvalue weighted by atomic mass is 16.5. The molecule has 4 heteroatoms. The second-order valence-corrected chi connectivity index (χ2v) is 7.69. The van der Waals surface area contributed by atoms with Gasteiger partial charge in [-0.15, -0.1) is 0 Å². The molecule has 1 aromatic heterocycles. The average Bonchev–Trinajstić information content (AvgIpc) is 2.59. The molecule has 0 aliphatic heterocycles. The summed E-state index contributed by atoms with van der Waals surface area (Å²) in [6.07, 6.45) is 1.25. The molecule has 0 unspecified atom stereocenters. The van der Waals surface area contributed by atoms with Crippen molar-refractivity contribution in [2.45, 2.75) is 47.5 Å². The second-order valence-electron chi connectivity index (χ2n) is 7.69. The molecule has 0 saturated heterocycles. The number of esters is 1. The van der Waals surface area contributed by atoms with E-state index in [1.165, 1.54) is 7.11 Å². The van der Waals surface area contributed by atoms with Gasteiger partial charge in [-0.05, 0) is 30.7 Å². The van der Waals surface area contributed by atoms with Gasteiger partial charge in [0, 0.05) is 5.56 Å². The van der Waals surface area contributed by atoms with Gasteiger partial charge >= 0.3 is 5.97 Å². The molecule has 0 aliphatic rings. The molecule has 0 bridgehead atoms. The van der Waals surface area contributed by atoms with E-state index in [0.29, 0.717) is 35.2 Å². The fourth-order valence-electron chi connectivity index (χ4n) is 3.03. The van der Waals surface area contributed by atoms with Crippen LogP contribution in [0.2, 0.25) is 0 Å². The van der Waals surface area contributed by atoms with Crippen molar-refractivity contribution in [1.29, 1.82) is 5.26 Å².